The summed E-state index contributed by atoms with van der Waals surface area (Å²) in [7, 11) is 5.27. The molecule has 0 radical (unpaired) electrons. The standard InChI is InChI=1S/C19H18Cl2F3N3O5/c1-25(2)16(28)5-10(31-4)9-32-14-7-13(11(20)6-12(14)21)27-17(29)8-15(19(22,23)24)26(3)18(27)30/h5-8H,9H2,1-4H3. The third-order valence-corrected chi connectivity index (χ3v) is 4.81. The first-order valence-corrected chi connectivity index (χ1v) is 9.51. The monoisotopic (exact) mass is 495 g/mol. The lowest BCUT2D eigenvalue weighted by Crippen LogP contribution is -2.40. The molecule has 0 spiro atoms. The highest BCUT2D eigenvalue weighted by Gasteiger charge is 2.35. The molecule has 1 amide bonds. The molecule has 174 valence electrons. The summed E-state index contributed by atoms with van der Waals surface area (Å²) in [6.45, 7) is -0.253. The smallest absolute Gasteiger partial charge is 0.431 e. The number of carbonyl (C=O) groups is 1. The molecule has 0 aliphatic heterocycles. The fourth-order valence-electron chi connectivity index (χ4n) is 2.49. The molecule has 8 nitrogen and oxygen atoms in total. The van der Waals surface area contributed by atoms with E-state index in [1.807, 2.05) is 0 Å². The molecule has 0 atom stereocenters. The first kappa shape index (κ1) is 25.3. The van der Waals surface area contributed by atoms with Gasteiger partial charge in [0.2, 0.25) is 5.91 Å². The van der Waals surface area contributed by atoms with Crippen LogP contribution in [0.25, 0.3) is 5.69 Å². The summed E-state index contributed by atoms with van der Waals surface area (Å²) < 4.78 is 50.6. The molecule has 0 bridgehead atoms. The minimum atomic E-state index is -4.91. The predicted molar refractivity (Wildman–Crippen MR) is 112 cm³/mol. The van der Waals surface area contributed by atoms with Gasteiger partial charge in [0.25, 0.3) is 5.56 Å². The Hall–Kier alpha value is -2.92. The Labute approximate surface area is 190 Å². The summed E-state index contributed by atoms with van der Waals surface area (Å²) in [4.78, 5) is 38.0. The van der Waals surface area contributed by atoms with Crippen molar-refractivity contribution in [2.24, 2.45) is 7.05 Å². The molecule has 1 heterocycles. The molecule has 32 heavy (non-hydrogen) atoms. The summed E-state index contributed by atoms with van der Waals surface area (Å²) in [5.74, 6) is -0.285. The summed E-state index contributed by atoms with van der Waals surface area (Å²) in [6, 6.07) is 2.58. The molecule has 1 aromatic carbocycles. The topological polar surface area (TPSA) is 82.8 Å². The van der Waals surface area contributed by atoms with Gasteiger partial charge in [-0.15, -0.1) is 0 Å². The SMILES string of the molecule is COC(=CC(=O)N(C)C)COc1cc(-n2c(=O)cc(C(F)(F)F)n(C)c2=O)c(Cl)cc1Cl. The van der Waals surface area contributed by atoms with Gasteiger partial charge in [0.05, 0.1) is 22.8 Å². The average Bonchev–Trinajstić information content (AvgIpc) is 2.69. The summed E-state index contributed by atoms with van der Waals surface area (Å²) in [5.41, 5.74) is -4.16. The molecule has 0 N–H and O–H groups in total. The van der Waals surface area contributed by atoms with Crippen molar-refractivity contribution in [2.75, 3.05) is 27.8 Å². The van der Waals surface area contributed by atoms with Crippen molar-refractivity contribution in [1.82, 2.24) is 14.0 Å². The largest absolute Gasteiger partial charge is 0.497 e. The zero-order valence-electron chi connectivity index (χ0n) is 17.3. The van der Waals surface area contributed by atoms with Crippen LogP contribution in [0, 0.1) is 0 Å². The highest BCUT2D eigenvalue weighted by molar-refractivity contribution is 6.36. The molecule has 0 saturated carbocycles. The van der Waals surface area contributed by atoms with E-state index in [2.05, 4.69) is 0 Å². The lowest BCUT2D eigenvalue weighted by Gasteiger charge is -2.16. The van der Waals surface area contributed by atoms with Crippen molar-refractivity contribution in [3.8, 4) is 11.4 Å². The second-order valence-electron chi connectivity index (χ2n) is 6.61. The van der Waals surface area contributed by atoms with Crippen LogP contribution in [0.15, 0.2) is 39.6 Å². The van der Waals surface area contributed by atoms with Crippen molar-refractivity contribution in [3.05, 3.63) is 66.6 Å². The van der Waals surface area contributed by atoms with E-state index in [4.69, 9.17) is 32.7 Å². The fraction of sp³-hybridized carbons (Fsp3) is 0.316. The molecule has 0 saturated heterocycles. The molecule has 2 aromatic rings. The van der Waals surface area contributed by atoms with Gasteiger partial charge in [0, 0.05) is 39.4 Å². The van der Waals surface area contributed by atoms with Crippen molar-refractivity contribution >= 4 is 29.1 Å². The number of alkyl halides is 3. The Kier molecular flexibility index (Phi) is 7.68. The maximum absolute atomic E-state index is 13.1. The van der Waals surface area contributed by atoms with Crippen LogP contribution >= 0.6 is 23.2 Å². The first-order chi connectivity index (χ1) is 14.8. The molecule has 0 aliphatic carbocycles. The average molecular weight is 496 g/mol. The quantitative estimate of drug-likeness (QED) is 0.454. The number of aromatic nitrogens is 2. The maximum atomic E-state index is 13.1. The molecular formula is C19H18Cl2F3N3O5. The van der Waals surface area contributed by atoms with E-state index >= 15 is 0 Å². The number of ether oxygens (including phenoxy) is 2. The van der Waals surface area contributed by atoms with Crippen LogP contribution in [0.5, 0.6) is 5.75 Å². The highest BCUT2D eigenvalue weighted by Crippen LogP contribution is 2.33. The Morgan fingerprint density at radius 3 is 2.31 bits per heavy atom. The third-order valence-electron chi connectivity index (χ3n) is 4.21. The summed E-state index contributed by atoms with van der Waals surface area (Å²) in [5, 5.41) is -0.184. The molecule has 0 unspecified atom stereocenters. The van der Waals surface area contributed by atoms with E-state index in [-0.39, 0.29) is 50.4 Å². The number of likely N-dealkylation sites (N-methyl/N-ethyl adjacent to an activating group) is 1. The zero-order valence-corrected chi connectivity index (χ0v) is 18.8. The Morgan fingerprint density at radius 2 is 1.78 bits per heavy atom. The van der Waals surface area contributed by atoms with Gasteiger partial charge < -0.3 is 14.4 Å². The van der Waals surface area contributed by atoms with Gasteiger partial charge in [-0.25, -0.2) is 9.36 Å². The molecule has 0 aliphatic rings. The number of benzene rings is 1. The van der Waals surface area contributed by atoms with E-state index in [1.54, 1.807) is 0 Å². The first-order valence-electron chi connectivity index (χ1n) is 8.76. The predicted octanol–water partition coefficient (Wildman–Crippen LogP) is 2.86. The Bertz CT molecular complexity index is 1190. The van der Waals surface area contributed by atoms with Crippen molar-refractivity contribution in [3.63, 3.8) is 0 Å². The van der Waals surface area contributed by atoms with Gasteiger partial charge in [-0.1, -0.05) is 23.2 Å². The van der Waals surface area contributed by atoms with Crippen molar-refractivity contribution < 1.29 is 27.4 Å². The molecule has 13 heteroatoms. The van der Waals surface area contributed by atoms with Crippen LogP contribution in [0.3, 0.4) is 0 Å². The second kappa shape index (κ2) is 9.70. The molecular weight excluding hydrogens is 478 g/mol. The Morgan fingerprint density at radius 1 is 1.16 bits per heavy atom. The van der Waals surface area contributed by atoms with Crippen molar-refractivity contribution in [2.45, 2.75) is 6.18 Å². The van der Waals surface area contributed by atoms with E-state index in [0.29, 0.717) is 4.57 Å². The lowest BCUT2D eigenvalue weighted by atomic mass is 10.2. The van der Waals surface area contributed by atoms with E-state index in [9.17, 15) is 27.6 Å². The number of nitrogens with zero attached hydrogens (tertiary/aromatic N) is 3. The van der Waals surface area contributed by atoms with E-state index in [1.165, 1.54) is 38.2 Å². The number of methoxy groups -OCH3 is 1. The van der Waals surface area contributed by atoms with Gasteiger partial charge >= 0.3 is 11.9 Å². The van der Waals surface area contributed by atoms with Crippen LogP contribution in [0.2, 0.25) is 10.0 Å². The second-order valence-corrected chi connectivity index (χ2v) is 7.43. The van der Waals surface area contributed by atoms with Crippen molar-refractivity contribution in [1.29, 1.82) is 0 Å². The number of amides is 1. The number of hydrogen-bond acceptors (Lipinski definition) is 5. The van der Waals surface area contributed by atoms with Gasteiger partial charge in [-0.05, 0) is 6.07 Å². The maximum Gasteiger partial charge on any atom is 0.431 e. The molecule has 1 aromatic heterocycles. The normalized spacial score (nSPS) is 12.0. The number of hydrogen-bond donors (Lipinski definition) is 0. The third kappa shape index (κ3) is 5.46. The summed E-state index contributed by atoms with van der Waals surface area (Å²) >= 11 is 12.2. The van der Waals surface area contributed by atoms with Crippen LogP contribution in [-0.2, 0) is 22.8 Å². The van der Waals surface area contributed by atoms with Crippen LogP contribution < -0.4 is 16.0 Å². The van der Waals surface area contributed by atoms with Crippen LogP contribution in [0.1, 0.15) is 5.69 Å². The van der Waals surface area contributed by atoms with E-state index in [0.717, 1.165) is 13.1 Å². The molecule has 0 fully saturated rings. The Balaban J connectivity index is 2.53. The number of halogens is 5. The summed E-state index contributed by atoms with van der Waals surface area (Å²) in [6.07, 6.45) is -3.72. The lowest BCUT2D eigenvalue weighted by molar-refractivity contribution is -0.144. The van der Waals surface area contributed by atoms with Gasteiger partial charge in [-0.2, -0.15) is 13.2 Å². The zero-order chi connectivity index (χ0) is 24.4. The van der Waals surface area contributed by atoms with Gasteiger partial charge in [0.15, 0.2) is 0 Å². The van der Waals surface area contributed by atoms with Crippen LogP contribution in [-0.4, -0.2) is 47.8 Å². The van der Waals surface area contributed by atoms with Gasteiger partial charge in [0.1, 0.15) is 23.8 Å². The highest BCUT2D eigenvalue weighted by atomic mass is 35.5. The fourth-order valence-corrected chi connectivity index (χ4v) is 3.02. The minimum Gasteiger partial charge on any atom is -0.497 e. The van der Waals surface area contributed by atoms with Crippen LogP contribution in [0.4, 0.5) is 13.2 Å². The van der Waals surface area contributed by atoms with E-state index < -0.39 is 23.1 Å². The number of rotatable bonds is 6. The minimum absolute atomic E-state index is 0.00933. The molecule has 2 rings (SSSR count). The number of carbonyl (C=O) groups excluding carboxylic acids is 1. The van der Waals surface area contributed by atoms with Gasteiger partial charge in [-0.3, -0.25) is 14.2 Å².